The zero-order chi connectivity index (χ0) is 21.3. The van der Waals surface area contributed by atoms with Crippen LogP contribution in [0.15, 0.2) is 72.8 Å². The molecule has 4 rings (SSSR count). The summed E-state index contributed by atoms with van der Waals surface area (Å²) in [4.78, 5) is 18.2. The maximum absolute atomic E-state index is 13.4. The molecule has 150 valence electrons. The molecular formula is C27H25NO2. The Kier molecular flexibility index (Phi) is 5.37. The molecule has 3 aromatic carbocycles. The smallest absolute Gasteiger partial charge is 0.344 e. The summed E-state index contributed by atoms with van der Waals surface area (Å²) < 4.78 is 5.95. The number of pyridine rings is 1. The molecular weight excluding hydrogens is 370 g/mol. The number of para-hydroxylation sites is 1. The van der Waals surface area contributed by atoms with E-state index in [1.54, 1.807) is 0 Å². The summed E-state index contributed by atoms with van der Waals surface area (Å²) in [5.41, 5.74) is 6.18. The Bertz CT molecular complexity index is 1230. The molecule has 0 saturated heterocycles. The van der Waals surface area contributed by atoms with Crippen molar-refractivity contribution in [1.29, 1.82) is 0 Å². The number of ether oxygens (including phenoxy) is 1. The summed E-state index contributed by atoms with van der Waals surface area (Å²) in [6.07, 6.45) is 0. The van der Waals surface area contributed by atoms with Crippen LogP contribution in [0.3, 0.4) is 0 Å². The number of fused-ring (bicyclic) bond motifs is 1. The highest BCUT2D eigenvalue weighted by Gasteiger charge is 2.19. The van der Waals surface area contributed by atoms with E-state index in [0.717, 1.165) is 38.9 Å². The lowest BCUT2D eigenvalue weighted by atomic mass is 10.00. The largest absolute Gasteiger partial charge is 0.423 e. The Labute approximate surface area is 177 Å². The fourth-order valence-electron chi connectivity index (χ4n) is 3.68. The van der Waals surface area contributed by atoms with E-state index in [9.17, 15) is 4.79 Å². The SMILES string of the molecule is Cc1ccc(C(C)C)c(OC(=O)c2cc(-c3ccccc3)nc3c(C)cccc23)c1. The van der Waals surface area contributed by atoms with E-state index in [-0.39, 0.29) is 11.9 Å². The third kappa shape index (κ3) is 3.84. The number of esters is 1. The number of hydrogen-bond donors (Lipinski definition) is 0. The van der Waals surface area contributed by atoms with Crippen LogP contribution in [-0.4, -0.2) is 11.0 Å². The van der Waals surface area contributed by atoms with Crippen LogP contribution in [0.2, 0.25) is 0 Å². The molecule has 0 N–H and O–H groups in total. The van der Waals surface area contributed by atoms with Gasteiger partial charge >= 0.3 is 5.97 Å². The standard InChI is InChI=1S/C27H25NO2/c1-17(2)21-14-13-18(3)15-25(21)30-27(29)23-16-24(20-10-6-5-7-11-20)28-26-19(4)9-8-12-22(23)26/h5-17H,1-4H3. The average Bonchev–Trinajstić information content (AvgIpc) is 2.74. The predicted octanol–water partition coefficient (Wildman–Crippen LogP) is 6.86. The lowest BCUT2D eigenvalue weighted by Crippen LogP contribution is -2.12. The van der Waals surface area contributed by atoms with Crippen LogP contribution in [0.4, 0.5) is 0 Å². The lowest BCUT2D eigenvalue weighted by molar-refractivity contribution is 0.0735. The molecule has 0 unspecified atom stereocenters. The van der Waals surface area contributed by atoms with Crippen molar-refractivity contribution in [3.8, 4) is 17.0 Å². The monoisotopic (exact) mass is 395 g/mol. The molecule has 0 fully saturated rings. The molecule has 0 spiro atoms. The van der Waals surface area contributed by atoms with Gasteiger partial charge in [0.2, 0.25) is 0 Å². The lowest BCUT2D eigenvalue weighted by Gasteiger charge is -2.15. The van der Waals surface area contributed by atoms with Gasteiger partial charge in [0.1, 0.15) is 5.75 Å². The summed E-state index contributed by atoms with van der Waals surface area (Å²) in [6, 6.07) is 23.6. The predicted molar refractivity (Wildman–Crippen MR) is 122 cm³/mol. The van der Waals surface area contributed by atoms with Crippen molar-refractivity contribution in [2.75, 3.05) is 0 Å². The van der Waals surface area contributed by atoms with E-state index in [1.165, 1.54) is 0 Å². The topological polar surface area (TPSA) is 39.2 Å². The maximum Gasteiger partial charge on any atom is 0.344 e. The maximum atomic E-state index is 13.4. The number of rotatable bonds is 4. The van der Waals surface area contributed by atoms with Gasteiger partial charge in [-0.1, -0.05) is 74.5 Å². The van der Waals surface area contributed by atoms with Crippen LogP contribution >= 0.6 is 0 Å². The molecule has 3 heteroatoms. The molecule has 1 aromatic heterocycles. The Balaban J connectivity index is 1.85. The Morgan fingerprint density at radius 2 is 1.67 bits per heavy atom. The Hall–Kier alpha value is -3.46. The number of carbonyl (C=O) groups is 1. The first-order valence-electron chi connectivity index (χ1n) is 10.2. The van der Waals surface area contributed by atoms with Crippen LogP contribution in [0.1, 0.15) is 46.8 Å². The molecule has 0 bridgehead atoms. The molecule has 0 aliphatic rings. The van der Waals surface area contributed by atoms with Gasteiger partial charge in [0.25, 0.3) is 0 Å². The van der Waals surface area contributed by atoms with E-state index >= 15 is 0 Å². The van der Waals surface area contributed by atoms with Crippen LogP contribution < -0.4 is 4.74 Å². The third-order valence-electron chi connectivity index (χ3n) is 5.32. The van der Waals surface area contributed by atoms with Gasteiger partial charge in [0.05, 0.1) is 16.8 Å². The highest BCUT2D eigenvalue weighted by Crippen LogP contribution is 2.31. The van der Waals surface area contributed by atoms with Crippen molar-refractivity contribution < 1.29 is 9.53 Å². The van der Waals surface area contributed by atoms with Crippen molar-refractivity contribution >= 4 is 16.9 Å². The van der Waals surface area contributed by atoms with Gasteiger partial charge in [-0.3, -0.25) is 0 Å². The summed E-state index contributed by atoms with van der Waals surface area (Å²) in [7, 11) is 0. The van der Waals surface area contributed by atoms with Gasteiger partial charge in [-0.25, -0.2) is 9.78 Å². The minimum absolute atomic E-state index is 0.254. The van der Waals surface area contributed by atoms with Crippen molar-refractivity contribution in [3.05, 3.63) is 95.1 Å². The van der Waals surface area contributed by atoms with E-state index in [4.69, 9.17) is 9.72 Å². The summed E-state index contributed by atoms with van der Waals surface area (Å²) in [6.45, 7) is 8.21. The molecule has 0 saturated carbocycles. The zero-order valence-corrected chi connectivity index (χ0v) is 17.8. The third-order valence-corrected chi connectivity index (χ3v) is 5.32. The van der Waals surface area contributed by atoms with Gasteiger partial charge in [-0.15, -0.1) is 0 Å². The van der Waals surface area contributed by atoms with Gasteiger partial charge < -0.3 is 4.74 Å². The number of aromatic nitrogens is 1. The molecule has 0 radical (unpaired) electrons. The van der Waals surface area contributed by atoms with Crippen molar-refractivity contribution in [2.45, 2.75) is 33.6 Å². The number of nitrogens with zero attached hydrogens (tertiary/aromatic N) is 1. The number of carbonyl (C=O) groups excluding carboxylic acids is 1. The molecule has 0 aliphatic heterocycles. The quantitative estimate of drug-likeness (QED) is 0.280. The molecule has 3 nitrogen and oxygen atoms in total. The first kappa shape index (κ1) is 19.8. The van der Waals surface area contributed by atoms with Gasteiger partial charge in [-0.05, 0) is 48.6 Å². The van der Waals surface area contributed by atoms with E-state index in [1.807, 2.05) is 86.6 Å². The zero-order valence-electron chi connectivity index (χ0n) is 17.8. The highest BCUT2D eigenvalue weighted by molar-refractivity contribution is 6.06. The van der Waals surface area contributed by atoms with Crippen LogP contribution in [0, 0.1) is 13.8 Å². The van der Waals surface area contributed by atoms with E-state index in [2.05, 4.69) is 13.8 Å². The van der Waals surface area contributed by atoms with Crippen LogP contribution in [-0.2, 0) is 0 Å². The second kappa shape index (κ2) is 8.11. The van der Waals surface area contributed by atoms with Crippen molar-refractivity contribution in [3.63, 3.8) is 0 Å². The second-order valence-electron chi connectivity index (χ2n) is 7.98. The first-order chi connectivity index (χ1) is 14.4. The molecule has 0 atom stereocenters. The number of benzene rings is 3. The number of aryl methyl sites for hydroxylation is 2. The van der Waals surface area contributed by atoms with Crippen molar-refractivity contribution in [2.24, 2.45) is 0 Å². The summed E-state index contributed by atoms with van der Waals surface area (Å²) in [5, 5.41) is 0.804. The molecule has 30 heavy (non-hydrogen) atoms. The van der Waals surface area contributed by atoms with Gasteiger partial charge in [0, 0.05) is 10.9 Å². The van der Waals surface area contributed by atoms with E-state index in [0.29, 0.717) is 11.3 Å². The summed E-state index contributed by atoms with van der Waals surface area (Å²) in [5.74, 6) is 0.510. The van der Waals surface area contributed by atoms with Crippen molar-refractivity contribution in [1.82, 2.24) is 4.98 Å². The Morgan fingerprint density at radius 1 is 0.900 bits per heavy atom. The molecule has 0 aliphatic carbocycles. The van der Waals surface area contributed by atoms with E-state index < -0.39 is 0 Å². The minimum Gasteiger partial charge on any atom is -0.423 e. The number of hydrogen-bond acceptors (Lipinski definition) is 3. The minimum atomic E-state index is -0.363. The highest BCUT2D eigenvalue weighted by atomic mass is 16.5. The molecule has 1 heterocycles. The second-order valence-corrected chi connectivity index (χ2v) is 7.98. The summed E-state index contributed by atoms with van der Waals surface area (Å²) >= 11 is 0. The molecule has 0 amide bonds. The first-order valence-corrected chi connectivity index (χ1v) is 10.2. The molecule has 4 aromatic rings. The van der Waals surface area contributed by atoms with Gasteiger partial charge in [0.15, 0.2) is 0 Å². The fraction of sp³-hybridized carbons (Fsp3) is 0.185. The average molecular weight is 396 g/mol. The van der Waals surface area contributed by atoms with Crippen LogP contribution in [0.5, 0.6) is 5.75 Å². The Morgan fingerprint density at radius 3 is 2.40 bits per heavy atom. The fourth-order valence-corrected chi connectivity index (χ4v) is 3.68. The van der Waals surface area contributed by atoms with Gasteiger partial charge in [-0.2, -0.15) is 0 Å². The normalized spacial score (nSPS) is 11.1. The van der Waals surface area contributed by atoms with Crippen LogP contribution in [0.25, 0.3) is 22.2 Å².